The summed E-state index contributed by atoms with van der Waals surface area (Å²) in [5.41, 5.74) is 0.758. The van der Waals surface area contributed by atoms with Gasteiger partial charge in [0.15, 0.2) is 0 Å². The van der Waals surface area contributed by atoms with Crippen molar-refractivity contribution >= 4 is 55.7 Å². The van der Waals surface area contributed by atoms with E-state index in [0.29, 0.717) is 17.4 Å². The molecular formula is C23H20Cl2N2O4S. The van der Waals surface area contributed by atoms with Crippen molar-refractivity contribution < 1.29 is 17.9 Å². The van der Waals surface area contributed by atoms with Gasteiger partial charge in [-0.05, 0) is 59.7 Å². The first-order valence-electron chi connectivity index (χ1n) is 9.83. The number of hydrogen-bond acceptors (Lipinski definition) is 5. The zero-order chi connectivity index (χ0) is 23.3. The van der Waals surface area contributed by atoms with Gasteiger partial charge in [0.25, 0.3) is 10.0 Å². The largest absolute Gasteiger partial charge is 0.464 e. The van der Waals surface area contributed by atoms with Crippen LogP contribution in [0.1, 0.15) is 25.3 Å². The average Bonchev–Trinajstić information content (AvgIpc) is 2.76. The zero-order valence-corrected chi connectivity index (χ0v) is 19.5. The lowest BCUT2D eigenvalue weighted by Crippen LogP contribution is -2.36. The van der Waals surface area contributed by atoms with Crippen LogP contribution in [0.5, 0.6) is 0 Å². The number of carbonyl (C=O) groups is 1. The number of halogens is 2. The van der Waals surface area contributed by atoms with Gasteiger partial charge in [0.05, 0.1) is 28.8 Å². The number of benzene rings is 3. The summed E-state index contributed by atoms with van der Waals surface area (Å²) in [4.78, 5) is 12.3. The molecule has 0 saturated carbocycles. The van der Waals surface area contributed by atoms with E-state index in [1.165, 1.54) is 18.2 Å². The SMILES string of the molecule is CCCCOC(=O)CN(c1ccc2cc(C#N)ccc2c1)S(=O)(=O)c1cc(Cl)cc(Cl)c1. The fourth-order valence-electron chi connectivity index (χ4n) is 3.07. The van der Waals surface area contributed by atoms with E-state index < -0.39 is 22.5 Å². The molecule has 0 atom stereocenters. The van der Waals surface area contributed by atoms with Gasteiger partial charge in [0.2, 0.25) is 0 Å². The highest BCUT2D eigenvalue weighted by Gasteiger charge is 2.28. The highest BCUT2D eigenvalue weighted by molar-refractivity contribution is 7.92. The van der Waals surface area contributed by atoms with Crippen LogP contribution in [0.15, 0.2) is 59.5 Å². The molecule has 3 aromatic carbocycles. The van der Waals surface area contributed by atoms with E-state index in [1.807, 2.05) is 6.92 Å². The van der Waals surface area contributed by atoms with Crippen LogP contribution in [0.25, 0.3) is 10.8 Å². The van der Waals surface area contributed by atoms with Crippen molar-refractivity contribution in [2.45, 2.75) is 24.7 Å². The van der Waals surface area contributed by atoms with Crippen molar-refractivity contribution in [2.75, 3.05) is 17.5 Å². The quantitative estimate of drug-likeness (QED) is 0.304. The Morgan fingerprint density at radius 3 is 2.34 bits per heavy atom. The summed E-state index contributed by atoms with van der Waals surface area (Å²) >= 11 is 12.0. The molecule has 0 amide bonds. The summed E-state index contributed by atoms with van der Waals surface area (Å²) in [6, 6.07) is 16.0. The molecule has 0 spiro atoms. The summed E-state index contributed by atoms with van der Waals surface area (Å²) in [5, 5.41) is 10.9. The number of anilines is 1. The Bertz CT molecular complexity index is 1280. The van der Waals surface area contributed by atoms with Crippen LogP contribution < -0.4 is 4.31 Å². The number of hydrogen-bond donors (Lipinski definition) is 0. The van der Waals surface area contributed by atoms with Crippen molar-refractivity contribution in [3.63, 3.8) is 0 Å². The fraction of sp³-hybridized carbons (Fsp3) is 0.217. The number of unbranched alkanes of at least 4 members (excludes halogenated alkanes) is 1. The normalized spacial score (nSPS) is 11.2. The Kier molecular flexibility index (Phi) is 7.62. The maximum absolute atomic E-state index is 13.5. The van der Waals surface area contributed by atoms with Gasteiger partial charge in [-0.15, -0.1) is 0 Å². The van der Waals surface area contributed by atoms with Crippen molar-refractivity contribution in [1.82, 2.24) is 0 Å². The first kappa shape index (κ1) is 23.9. The van der Waals surface area contributed by atoms with Crippen molar-refractivity contribution in [3.8, 4) is 6.07 Å². The van der Waals surface area contributed by atoms with E-state index >= 15 is 0 Å². The minimum absolute atomic E-state index is 0.142. The van der Waals surface area contributed by atoms with E-state index in [4.69, 9.17) is 33.2 Å². The van der Waals surface area contributed by atoms with Crippen LogP contribution in [0.4, 0.5) is 5.69 Å². The first-order chi connectivity index (χ1) is 15.2. The molecule has 0 radical (unpaired) electrons. The third kappa shape index (κ3) is 5.52. The number of nitriles is 1. The standard InChI is InChI=1S/C23H20Cl2N2O4S/c1-2-3-8-31-23(28)15-27(32(29,30)22-12-19(24)11-20(25)13-22)21-7-6-17-9-16(14-26)4-5-18(17)10-21/h4-7,9-13H,2-3,8,15H2,1H3. The Balaban J connectivity index is 2.06. The van der Waals surface area contributed by atoms with E-state index in [9.17, 15) is 13.2 Å². The van der Waals surface area contributed by atoms with Gasteiger partial charge in [0.1, 0.15) is 6.54 Å². The van der Waals surface area contributed by atoms with Gasteiger partial charge in [-0.2, -0.15) is 5.26 Å². The summed E-state index contributed by atoms with van der Waals surface area (Å²) < 4.78 is 33.2. The van der Waals surface area contributed by atoms with Crippen LogP contribution in [-0.4, -0.2) is 27.5 Å². The minimum atomic E-state index is -4.19. The van der Waals surface area contributed by atoms with Crippen LogP contribution in [0, 0.1) is 11.3 Å². The Morgan fingerprint density at radius 2 is 1.69 bits per heavy atom. The third-order valence-electron chi connectivity index (χ3n) is 4.70. The lowest BCUT2D eigenvalue weighted by molar-refractivity contribution is -0.141. The number of esters is 1. The maximum atomic E-state index is 13.5. The molecule has 0 aliphatic carbocycles. The molecule has 32 heavy (non-hydrogen) atoms. The van der Waals surface area contributed by atoms with Crippen LogP contribution in [0.3, 0.4) is 0 Å². The van der Waals surface area contributed by atoms with Gasteiger partial charge >= 0.3 is 5.97 Å². The molecule has 0 fully saturated rings. The number of rotatable bonds is 8. The van der Waals surface area contributed by atoms with E-state index in [-0.39, 0.29) is 27.2 Å². The molecule has 9 heteroatoms. The molecule has 166 valence electrons. The number of carbonyl (C=O) groups excluding carboxylic acids is 1. The Morgan fingerprint density at radius 1 is 1.03 bits per heavy atom. The second-order valence-electron chi connectivity index (χ2n) is 7.05. The summed E-state index contributed by atoms with van der Waals surface area (Å²) in [7, 11) is -4.19. The van der Waals surface area contributed by atoms with Crippen LogP contribution in [-0.2, 0) is 19.6 Å². The number of fused-ring (bicyclic) bond motifs is 1. The predicted octanol–water partition coefficient (Wildman–Crippen LogP) is 5.56. The summed E-state index contributed by atoms with van der Waals surface area (Å²) in [6.45, 7) is 1.65. The van der Waals surface area contributed by atoms with Gasteiger partial charge in [-0.1, -0.05) is 48.7 Å². The topological polar surface area (TPSA) is 87.5 Å². The molecule has 3 rings (SSSR count). The highest BCUT2D eigenvalue weighted by atomic mass is 35.5. The van der Waals surface area contributed by atoms with Crippen molar-refractivity contribution in [1.29, 1.82) is 5.26 Å². The monoisotopic (exact) mass is 490 g/mol. The fourth-order valence-corrected chi connectivity index (χ4v) is 5.20. The third-order valence-corrected chi connectivity index (χ3v) is 6.89. The summed E-state index contributed by atoms with van der Waals surface area (Å²) in [5.74, 6) is -0.671. The van der Waals surface area contributed by atoms with E-state index in [2.05, 4.69) is 6.07 Å². The van der Waals surface area contributed by atoms with Gasteiger partial charge in [0, 0.05) is 10.0 Å². The first-order valence-corrected chi connectivity index (χ1v) is 12.0. The second-order valence-corrected chi connectivity index (χ2v) is 9.78. The van der Waals surface area contributed by atoms with Crippen LogP contribution in [0.2, 0.25) is 10.0 Å². The Labute approximate surface area is 197 Å². The number of sulfonamides is 1. The molecule has 0 N–H and O–H groups in total. The molecule has 3 aromatic rings. The smallest absolute Gasteiger partial charge is 0.326 e. The average molecular weight is 491 g/mol. The molecule has 0 bridgehead atoms. The molecule has 6 nitrogen and oxygen atoms in total. The lowest BCUT2D eigenvalue weighted by atomic mass is 10.1. The van der Waals surface area contributed by atoms with E-state index in [0.717, 1.165) is 16.1 Å². The summed E-state index contributed by atoms with van der Waals surface area (Å²) in [6.07, 6.45) is 1.52. The zero-order valence-electron chi connectivity index (χ0n) is 17.2. The second kappa shape index (κ2) is 10.2. The number of ether oxygens (including phenoxy) is 1. The molecule has 0 heterocycles. The van der Waals surface area contributed by atoms with Gasteiger partial charge in [-0.25, -0.2) is 8.42 Å². The lowest BCUT2D eigenvalue weighted by Gasteiger charge is -2.24. The Hall–Kier alpha value is -2.79. The van der Waals surface area contributed by atoms with Crippen molar-refractivity contribution in [2.24, 2.45) is 0 Å². The predicted molar refractivity (Wildman–Crippen MR) is 126 cm³/mol. The molecule has 0 unspecified atom stereocenters. The molecule has 0 saturated heterocycles. The van der Waals surface area contributed by atoms with E-state index in [1.54, 1.807) is 36.4 Å². The van der Waals surface area contributed by atoms with Gasteiger partial charge in [-0.3, -0.25) is 9.10 Å². The molecular weight excluding hydrogens is 471 g/mol. The van der Waals surface area contributed by atoms with Crippen molar-refractivity contribution in [3.05, 3.63) is 70.2 Å². The molecule has 0 aliphatic heterocycles. The molecule has 0 aliphatic rings. The van der Waals surface area contributed by atoms with Crippen LogP contribution >= 0.6 is 23.2 Å². The maximum Gasteiger partial charge on any atom is 0.326 e. The highest BCUT2D eigenvalue weighted by Crippen LogP contribution is 2.30. The molecule has 0 aromatic heterocycles. The number of nitrogens with zero attached hydrogens (tertiary/aromatic N) is 2. The minimum Gasteiger partial charge on any atom is -0.464 e. The van der Waals surface area contributed by atoms with Gasteiger partial charge < -0.3 is 4.74 Å².